The van der Waals surface area contributed by atoms with Crippen molar-refractivity contribution >= 4 is 34.6 Å². The van der Waals surface area contributed by atoms with Crippen LogP contribution in [-0.4, -0.2) is 66.2 Å². The zero-order valence-electron chi connectivity index (χ0n) is 20.2. The van der Waals surface area contributed by atoms with E-state index in [1.165, 1.54) is 24.0 Å². The van der Waals surface area contributed by atoms with Crippen LogP contribution in [0.5, 0.6) is 0 Å². The van der Waals surface area contributed by atoms with Crippen LogP contribution in [-0.2, 0) is 23.2 Å². The van der Waals surface area contributed by atoms with Gasteiger partial charge in [-0.05, 0) is 23.8 Å². The van der Waals surface area contributed by atoms with Crippen molar-refractivity contribution in [1.82, 2.24) is 29.7 Å². The second-order valence-corrected chi connectivity index (χ2v) is 8.85. The molecular weight excluding hydrogens is 497 g/mol. The van der Waals surface area contributed by atoms with Gasteiger partial charge in [0.05, 0.1) is 24.3 Å². The van der Waals surface area contributed by atoms with Gasteiger partial charge in [0.2, 0.25) is 23.9 Å². The summed E-state index contributed by atoms with van der Waals surface area (Å²) in [5.74, 6) is -1.96. The van der Waals surface area contributed by atoms with Crippen LogP contribution >= 0.6 is 0 Å². The first-order valence-electron chi connectivity index (χ1n) is 11.6. The number of rotatable bonds is 6. The van der Waals surface area contributed by atoms with Gasteiger partial charge in [0.1, 0.15) is 12.2 Å². The highest BCUT2D eigenvalue weighted by atomic mass is 19.1. The number of hydrogen-bond acceptors (Lipinski definition) is 7. The minimum atomic E-state index is -1.41. The molecule has 4 heterocycles. The van der Waals surface area contributed by atoms with Crippen molar-refractivity contribution in [3.8, 4) is 11.1 Å². The van der Waals surface area contributed by atoms with Crippen molar-refractivity contribution in [3.63, 3.8) is 0 Å². The Hall–Kier alpha value is -5.01. The van der Waals surface area contributed by atoms with Gasteiger partial charge in [-0.1, -0.05) is 0 Å². The average Bonchev–Trinajstić information content (AvgIpc) is 3.48. The minimum absolute atomic E-state index is 0.0201. The molecule has 3 aromatic heterocycles. The van der Waals surface area contributed by atoms with Crippen molar-refractivity contribution < 1.29 is 23.5 Å². The molecule has 4 N–H and O–H groups in total. The molecule has 1 saturated heterocycles. The third-order valence-corrected chi connectivity index (χ3v) is 6.43. The summed E-state index contributed by atoms with van der Waals surface area (Å²) in [6.45, 7) is -0.586. The number of aromatic amines is 1. The molecular formula is C24H23FN9O4+. The van der Waals surface area contributed by atoms with Crippen molar-refractivity contribution in [1.29, 1.82) is 0 Å². The molecule has 194 valence electrons. The van der Waals surface area contributed by atoms with Gasteiger partial charge in [-0.3, -0.25) is 29.1 Å². The van der Waals surface area contributed by atoms with Crippen LogP contribution in [0.1, 0.15) is 16.9 Å². The Morgan fingerprint density at radius 2 is 2.00 bits per heavy atom. The van der Waals surface area contributed by atoms with Gasteiger partial charge in [-0.15, -0.1) is 4.68 Å². The van der Waals surface area contributed by atoms with Crippen molar-refractivity contribution in [2.45, 2.75) is 25.2 Å². The lowest BCUT2D eigenvalue weighted by molar-refractivity contribution is -0.715. The number of benzene rings is 1. The summed E-state index contributed by atoms with van der Waals surface area (Å²) in [5, 5.41) is 13.5. The van der Waals surface area contributed by atoms with E-state index in [0.29, 0.717) is 10.9 Å². The van der Waals surface area contributed by atoms with Gasteiger partial charge in [0.25, 0.3) is 17.4 Å². The number of alkyl halides is 1. The molecule has 5 rings (SSSR count). The highest BCUT2D eigenvalue weighted by molar-refractivity contribution is 6.04. The highest BCUT2D eigenvalue weighted by Gasteiger charge is 2.41. The summed E-state index contributed by atoms with van der Waals surface area (Å²) >= 11 is 0. The Bertz CT molecular complexity index is 1620. The molecule has 1 fully saturated rings. The van der Waals surface area contributed by atoms with Crippen molar-refractivity contribution in [3.05, 3.63) is 65.0 Å². The van der Waals surface area contributed by atoms with Gasteiger partial charge in [-0.2, -0.15) is 15.3 Å². The molecule has 0 bridgehead atoms. The van der Waals surface area contributed by atoms with Gasteiger partial charge in [0, 0.05) is 37.4 Å². The van der Waals surface area contributed by atoms with Crippen molar-refractivity contribution in [2.24, 2.45) is 12.8 Å². The number of hydrogen-bond donors (Lipinski definition) is 3. The number of carbonyl (C=O) groups is 3. The van der Waals surface area contributed by atoms with Crippen molar-refractivity contribution in [2.75, 3.05) is 11.9 Å². The lowest BCUT2D eigenvalue weighted by Crippen LogP contribution is -2.50. The van der Waals surface area contributed by atoms with E-state index in [1.807, 2.05) is 0 Å². The number of amides is 3. The van der Waals surface area contributed by atoms with Gasteiger partial charge in [0.15, 0.2) is 5.69 Å². The van der Waals surface area contributed by atoms with E-state index in [0.717, 1.165) is 20.6 Å². The number of likely N-dealkylation sites (tertiary alicyclic amines) is 1. The van der Waals surface area contributed by atoms with Crippen LogP contribution in [0.15, 0.2) is 53.7 Å². The molecule has 14 heteroatoms. The number of nitrogens with zero attached hydrogens (tertiary/aromatic N) is 6. The fourth-order valence-electron chi connectivity index (χ4n) is 4.50. The molecule has 38 heavy (non-hydrogen) atoms. The SMILES string of the molecule is Cn1c(NC(=O)C2CC(F)CN2C(=O)C[n+]2[nH]c(C(N)=O)c3cc(-c4ccnnc4)ccc32)nccc1=O. The maximum absolute atomic E-state index is 14.4. The molecule has 1 aliphatic heterocycles. The molecule has 0 spiro atoms. The zero-order valence-corrected chi connectivity index (χ0v) is 20.2. The van der Waals surface area contributed by atoms with E-state index in [-0.39, 0.29) is 36.7 Å². The Kier molecular flexibility index (Phi) is 6.36. The van der Waals surface area contributed by atoms with E-state index in [9.17, 15) is 23.6 Å². The Balaban J connectivity index is 1.41. The van der Waals surface area contributed by atoms with Gasteiger partial charge in [-0.25, -0.2) is 9.37 Å². The van der Waals surface area contributed by atoms with E-state index < -0.39 is 29.9 Å². The predicted molar refractivity (Wildman–Crippen MR) is 131 cm³/mol. The molecule has 2 atom stereocenters. The first-order chi connectivity index (χ1) is 18.2. The van der Waals surface area contributed by atoms with E-state index >= 15 is 0 Å². The number of nitrogens with one attached hydrogen (secondary N) is 2. The molecule has 1 aliphatic rings. The van der Waals surface area contributed by atoms with E-state index in [1.54, 1.807) is 36.7 Å². The third kappa shape index (κ3) is 4.58. The average molecular weight is 521 g/mol. The third-order valence-electron chi connectivity index (χ3n) is 6.43. The molecule has 1 aromatic carbocycles. The van der Waals surface area contributed by atoms with Crippen LogP contribution in [0, 0.1) is 0 Å². The summed E-state index contributed by atoms with van der Waals surface area (Å²) in [7, 11) is 1.43. The van der Waals surface area contributed by atoms with Crippen LogP contribution < -0.4 is 21.3 Å². The highest BCUT2D eigenvalue weighted by Crippen LogP contribution is 2.25. The maximum atomic E-state index is 14.4. The first-order valence-corrected chi connectivity index (χ1v) is 11.6. The number of halogens is 1. The monoisotopic (exact) mass is 520 g/mol. The number of fused-ring (bicyclic) bond motifs is 1. The lowest BCUT2D eigenvalue weighted by atomic mass is 10.0. The van der Waals surface area contributed by atoms with Crippen LogP contribution in [0.25, 0.3) is 22.0 Å². The summed E-state index contributed by atoms with van der Waals surface area (Å²) in [4.78, 5) is 55.3. The first kappa shape index (κ1) is 24.7. The zero-order chi connectivity index (χ0) is 27.0. The number of aromatic nitrogens is 6. The summed E-state index contributed by atoms with van der Waals surface area (Å²) in [6, 6.07) is 7.13. The molecule has 0 saturated carbocycles. The number of carbonyl (C=O) groups excluding carboxylic acids is 3. The smallest absolute Gasteiger partial charge is 0.291 e. The topological polar surface area (TPSA) is 173 Å². The molecule has 3 amide bonds. The van der Waals surface area contributed by atoms with Crippen LogP contribution in [0.2, 0.25) is 0 Å². The summed E-state index contributed by atoms with van der Waals surface area (Å²) in [5.41, 5.74) is 7.32. The number of anilines is 1. The molecule has 4 aromatic rings. The van der Waals surface area contributed by atoms with E-state index in [2.05, 4.69) is 25.6 Å². The van der Waals surface area contributed by atoms with E-state index in [4.69, 9.17) is 5.73 Å². The number of primary amides is 1. The Morgan fingerprint density at radius 3 is 2.74 bits per heavy atom. The summed E-state index contributed by atoms with van der Waals surface area (Å²) < 4.78 is 17.0. The van der Waals surface area contributed by atoms with Gasteiger partial charge < -0.3 is 10.6 Å². The quantitative estimate of drug-likeness (QED) is 0.292. The molecule has 2 unspecified atom stereocenters. The Labute approximate surface area is 214 Å². The summed E-state index contributed by atoms with van der Waals surface area (Å²) in [6.07, 6.45) is 2.74. The van der Waals surface area contributed by atoms with Crippen LogP contribution in [0.4, 0.5) is 10.3 Å². The fourth-order valence-corrected chi connectivity index (χ4v) is 4.50. The fraction of sp³-hybridized carbons (Fsp3) is 0.250. The molecule has 13 nitrogen and oxygen atoms in total. The largest absolute Gasteiger partial charge is 0.364 e. The second-order valence-electron chi connectivity index (χ2n) is 8.85. The maximum Gasteiger partial charge on any atom is 0.291 e. The normalized spacial score (nSPS) is 17.1. The number of H-pyrrole nitrogens is 1. The minimum Gasteiger partial charge on any atom is -0.364 e. The Morgan fingerprint density at radius 1 is 1.18 bits per heavy atom. The van der Waals surface area contributed by atoms with Crippen LogP contribution in [0.3, 0.4) is 0 Å². The lowest BCUT2D eigenvalue weighted by Gasteiger charge is -2.22. The second kappa shape index (κ2) is 9.80. The predicted octanol–water partition coefficient (Wildman–Crippen LogP) is -0.317. The molecule has 0 aliphatic carbocycles. The standard InChI is InChI=1S/C24H22FN9O4/c1-32-19(35)5-6-27-24(32)30-23(38)18-9-15(25)11-33(18)20(36)12-34-17-3-2-13(14-4-7-28-29-10-14)8-16(17)21(31-34)22(26)37/h2-8,10,15,18H,9,11-12H2,1H3,(H3,26,27,30,35,37,38)/p+1. The molecule has 0 radical (unpaired) electrons. The van der Waals surface area contributed by atoms with Gasteiger partial charge >= 0.3 is 0 Å². The number of nitrogens with two attached hydrogens (primary N) is 1.